The standard InChI is InChI=1S/C19H19F3N6S2/c1-29-12-4-15(30-9-12)17-13(19(20,21)22)7-24-18(26-17)25-14-8-28(11-5-23-6-11)27-16(14)10-2-3-10/h4,7-11,23H,2-3,5-6H2,1H3,(H,24,25,26). The molecule has 4 heterocycles. The number of thiophene rings is 1. The molecule has 2 N–H and O–H groups in total. The summed E-state index contributed by atoms with van der Waals surface area (Å²) in [5.74, 6) is 0.530. The maximum absolute atomic E-state index is 13.6. The Morgan fingerprint density at radius 3 is 2.70 bits per heavy atom. The summed E-state index contributed by atoms with van der Waals surface area (Å²) in [6.45, 7) is 1.73. The van der Waals surface area contributed by atoms with E-state index >= 15 is 0 Å². The van der Waals surface area contributed by atoms with Crippen molar-refractivity contribution < 1.29 is 13.2 Å². The highest BCUT2D eigenvalue weighted by molar-refractivity contribution is 7.98. The van der Waals surface area contributed by atoms with Crippen molar-refractivity contribution in [2.75, 3.05) is 24.7 Å². The van der Waals surface area contributed by atoms with Gasteiger partial charge in [0.1, 0.15) is 5.56 Å². The molecule has 1 saturated carbocycles. The van der Waals surface area contributed by atoms with Crippen molar-refractivity contribution >= 4 is 34.7 Å². The Balaban J connectivity index is 1.51. The number of hydrogen-bond donors (Lipinski definition) is 2. The Morgan fingerprint density at radius 1 is 1.30 bits per heavy atom. The number of anilines is 2. The molecule has 5 rings (SSSR count). The quantitative estimate of drug-likeness (QED) is 0.518. The van der Waals surface area contributed by atoms with Gasteiger partial charge in [0.05, 0.1) is 28.0 Å². The summed E-state index contributed by atoms with van der Waals surface area (Å²) in [6, 6.07) is 2.03. The molecule has 0 amide bonds. The van der Waals surface area contributed by atoms with Crippen LogP contribution in [0.15, 0.2) is 28.7 Å². The van der Waals surface area contributed by atoms with Gasteiger partial charge in [0, 0.05) is 41.7 Å². The van der Waals surface area contributed by atoms with Crippen molar-refractivity contribution in [1.82, 2.24) is 25.1 Å². The number of thioether (sulfide) groups is 1. The second-order valence-corrected chi connectivity index (χ2v) is 9.21. The molecule has 0 spiro atoms. The van der Waals surface area contributed by atoms with Gasteiger partial charge in [0.25, 0.3) is 0 Å². The van der Waals surface area contributed by atoms with E-state index in [-0.39, 0.29) is 11.6 Å². The van der Waals surface area contributed by atoms with Gasteiger partial charge in [-0.25, -0.2) is 9.97 Å². The minimum Gasteiger partial charge on any atom is -0.321 e. The average Bonchev–Trinajstić information content (AvgIpc) is 3.25. The van der Waals surface area contributed by atoms with Gasteiger partial charge in [-0.3, -0.25) is 4.68 Å². The summed E-state index contributed by atoms with van der Waals surface area (Å²) in [7, 11) is 0. The van der Waals surface area contributed by atoms with E-state index in [1.54, 1.807) is 6.07 Å². The van der Waals surface area contributed by atoms with Crippen LogP contribution in [0.25, 0.3) is 10.6 Å². The monoisotopic (exact) mass is 452 g/mol. The minimum atomic E-state index is -4.53. The first-order valence-electron chi connectivity index (χ1n) is 9.56. The van der Waals surface area contributed by atoms with Crippen LogP contribution < -0.4 is 10.6 Å². The van der Waals surface area contributed by atoms with Crippen molar-refractivity contribution in [2.24, 2.45) is 0 Å². The molecule has 3 aromatic heterocycles. The van der Waals surface area contributed by atoms with E-state index in [1.165, 1.54) is 23.1 Å². The van der Waals surface area contributed by atoms with Crippen LogP contribution in [0.4, 0.5) is 24.8 Å². The van der Waals surface area contributed by atoms with E-state index < -0.39 is 11.7 Å². The second kappa shape index (κ2) is 7.54. The molecule has 2 aliphatic rings. The van der Waals surface area contributed by atoms with Gasteiger partial charge in [0.15, 0.2) is 0 Å². The number of alkyl halides is 3. The van der Waals surface area contributed by atoms with E-state index in [9.17, 15) is 13.2 Å². The third-order valence-corrected chi connectivity index (χ3v) is 7.04. The Labute approximate surface area is 179 Å². The van der Waals surface area contributed by atoms with Crippen LogP contribution in [0.1, 0.15) is 36.1 Å². The van der Waals surface area contributed by atoms with Crippen molar-refractivity contribution in [2.45, 2.75) is 35.9 Å². The Morgan fingerprint density at radius 2 is 2.10 bits per heavy atom. The smallest absolute Gasteiger partial charge is 0.321 e. The lowest BCUT2D eigenvalue weighted by molar-refractivity contribution is -0.137. The molecule has 3 aromatic rings. The van der Waals surface area contributed by atoms with Gasteiger partial charge in [-0.05, 0) is 25.2 Å². The molecule has 1 aliphatic heterocycles. The molecule has 0 aromatic carbocycles. The topological polar surface area (TPSA) is 67.7 Å². The molecule has 6 nitrogen and oxygen atoms in total. The van der Waals surface area contributed by atoms with Gasteiger partial charge in [-0.2, -0.15) is 18.3 Å². The van der Waals surface area contributed by atoms with Crippen LogP contribution in [0.5, 0.6) is 0 Å². The zero-order valence-electron chi connectivity index (χ0n) is 16.0. The fraction of sp³-hybridized carbons (Fsp3) is 0.421. The summed E-state index contributed by atoms with van der Waals surface area (Å²) < 4.78 is 42.7. The van der Waals surface area contributed by atoms with Gasteiger partial charge in [0.2, 0.25) is 5.95 Å². The summed E-state index contributed by atoms with van der Waals surface area (Å²) in [5.41, 5.74) is 0.772. The highest BCUT2D eigenvalue weighted by Gasteiger charge is 2.36. The minimum absolute atomic E-state index is 0.103. The molecular weight excluding hydrogens is 433 g/mol. The zero-order valence-corrected chi connectivity index (χ0v) is 17.7. The van der Waals surface area contributed by atoms with Crippen LogP contribution in [0.3, 0.4) is 0 Å². The third kappa shape index (κ3) is 3.81. The van der Waals surface area contributed by atoms with Crippen LogP contribution in [0, 0.1) is 0 Å². The summed E-state index contributed by atoms with van der Waals surface area (Å²) in [4.78, 5) is 9.62. The maximum atomic E-state index is 13.6. The maximum Gasteiger partial charge on any atom is 0.420 e. The van der Waals surface area contributed by atoms with Gasteiger partial charge in [-0.1, -0.05) is 0 Å². The molecule has 0 bridgehead atoms. The molecule has 1 aliphatic carbocycles. The largest absolute Gasteiger partial charge is 0.420 e. The molecule has 30 heavy (non-hydrogen) atoms. The Hall–Kier alpha value is -2.11. The van der Waals surface area contributed by atoms with E-state index in [2.05, 4.69) is 20.6 Å². The van der Waals surface area contributed by atoms with E-state index in [0.717, 1.165) is 48.4 Å². The van der Waals surface area contributed by atoms with E-state index in [1.807, 2.05) is 22.5 Å². The lowest BCUT2D eigenvalue weighted by Gasteiger charge is -2.27. The first kappa shape index (κ1) is 19.8. The van der Waals surface area contributed by atoms with Crippen molar-refractivity contribution in [1.29, 1.82) is 0 Å². The normalized spacial score (nSPS) is 17.2. The predicted octanol–water partition coefficient (Wildman–Crippen LogP) is 4.91. The van der Waals surface area contributed by atoms with E-state index in [4.69, 9.17) is 5.10 Å². The number of aromatic nitrogens is 4. The van der Waals surface area contributed by atoms with Crippen LogP contribution in [0.2, 0.25) is 0 Å². The fourth-order valence-electron chi connectivity index (χ4n) is 3.32. The molecule has 158 valence electrons. The summed E-state index contributed by atoms with van der Waals surface area (Å²) in [6.07, 6.45) is 2.27. The molecule has 2 fully saturated rings. The fourth-order valence-corrected chi connectivity index (χ4v) is 4.93. The Kier molecular flexibility index (Phi) is 4.98. The van der Waals surface area contributed by atoms with Gasteiger partial charge >= 0.3 is 6.18 Å². The second-order valence-electron chi connectivity index (χ2n) is 7.42. The highest BCUT2D eigenvalue weighted by atomic mass is 32.2. The van der Waals surface area contributed by atoms with Gasteiger partial charge in [-0.15, -0.1) is 23.1 Å². The first-order valence-corrected chi connectivity index (χ1v) is 11.7. The van der Waals surface area contributed by atoms with Crippen LogP contribution in [-0.4, -0.2) is 39.1 Å². The lowest BCUT2D eigenvalue weighted by atomic mass is 10.2. The summed E-state index contributed by atoms with van der Waals surface area (Å²) in [5, 5.41) is 12.9. The first-order chi connectivity index (χ1) is 14.4. The van der Waals surface area contributed by atoms with Gasteiger partial charge < -0.3 is 10.6 Å². The molecule has 0 radical (unpaired) electrons. The average molecular weight is 453 g/mol. The molecule has 11 heteroatoms. The highest BCUT2D eigenvalue weighted by Crippen LogP contribution is 2.44. The summed E-state index contributed by atoms with van der Waals surface area (Å²) >= 11 is 2.73. The van der Waals surface area contributed by atoms with Crippen molar-refractivity contribution in [3.05, 3.63) is 35.1 Å². The van der Waals surface area contributed by atoms with Crippen molar-refractivity contribution in [3.63, 3.8) is 0 Å². The van der Waals surface area contributed by atoms with Crippen LogP contribution in [-0.2, 0) is 6.18 Å². The van der Waals surface area contributed by atoms with E-state index in [0.29, 0.717) is 16.8 Å². The zero-order chi connectivity index (χ0) is 20.9. The lowest BCUT2D eigenvalue weighted by Crippen LogP contribution is -2.43. The molecular formula is C19H19F3N6S2. The van der Waals surface area contributed by atoms with Crippen molar-refractivity contribution in [3.8, 4) is 10.6 Å². The third-order valence-electron chi connectivity index (χ3n) is 5.24. The molecule has 0 unspecified atom stereocenters. The van der Waals surface area contributed by atoms with Crippen LogP contribution >= 0.6 is 23.1 Å². The molecule has 1 saturated heterocycles. The number of nitrogens with one attached hydrogen (secondary N) is 2. The molecule has 0 atom stereocenters. The number of halogens is 3. The SMILES string of the molecule is CSc1csc(-c2nc(Nc3cn(C4CNC4)nc3C3CC3)ncc2C(F)(F)F)c1. The Bertz CT molecular complexity index is 1070. The number of rotatable bonds is 6. The predicted molar refractivity (Wildman–Crippen MR) is 112 cm³/mol. The number of hydrogen-bond acceptors (Lipinski definition) is 7. The number of nitrogens with zero attached hydrogens (tertiary/aromatic N) is 4.